The zero-order valence-electron chi connectivity index (χ0n) is 27.9. The maximum Gasteiger partial charge on any atom is 0.417 e. The number of aromatic nitrogens is 1. The number of ether oxygens (including phenoxy) is 1. The number of hydrogen-bond acceptors (Lipinski definition) is 7. The normalized spacial score (nSPS) is 20.9. The summed E-state index contributed by atoms with van der Waals surface area (Å²) in [5.74, 6) is 0.594. The number of carbonyl (C=O) groups excluding carboxylic acids is 3. The van der Waals surface area contributed by atoms with Crippen LogP contribution >= 0.6 is 0 Å². The number of carbonyl (C=O) groups is 3. The third-order valence-electron chi connectivity index (χ3n) is 11.0. The van der Waals surface area contributed by atoms with E-state index >= 15 is 0 Å². The van der Waals surface area contributed by atoms with Crippen molar-refractivity contribution in [2.75, 3.05) is 51.6 Å². The molecule has 1 atom stereocenters. The first-order valence-corrected chi connectivity index (χ1v) is 17.4. The third kappa shape index (κ3) is 6.80. The summed E-state index contributed by atoms with van der Waals surface area (Å²) in [4.78, 5) is 62.9. The zero-order chi connectivity index (χ0) is 33.4. The summed E-state index contributed by atoms with van der Waals surface area (Å²) in [6.07, 6.45) is 4.22. The number of piperidine rings is 3. The van der Waals surface area contributed by atoms with Gasteiger partial charge in [-0.3, -0.25) is 9.78 Å². The van der Waals surface area contributed by atoms with Gasteiger partial charge >= 0.3 is 17.9 Å². The minimum Gasteiger partial charge on any atom is -0.436 e. The average Bonchev–Trinajstić information content (AvgIpc) is 3.48. The smallest absolute Gasteiger partial charge is 0.417 e. The molecule has 1 aromatic heterocycles. The Bertz CT molecular complexity index is 1710. The predicted molar refractivity (Wildman–Crippen MR) is 181 cm³/mol. The number of fused-ring (bicyclic) bond motifs is 2. The topological polar surface area (TPSA) is 131 Å². The fourth-order valence-corrected chi connectivity index (χ4v) is 8.17. The van der Waals surface area contributed by atoms with Crippen LogP contribution in [0.2, 0.25) is 0 Å². The summed E-state index contributed by atoms with van der Waals surface area (Å²) >= 11 is 0. The Morgan fingerprint density at radius 2 is 1.58 bits per heavy atom. The van der Waals surface area contributed by atoms with Crippen LogP contribution in [-0.4, -0.2) is 101 Å². The first-order valence-electron chi connectivity index (χ1n) is 17.4. The second kappa shape index (κ2) is 13.7. The maximum absolute atomic E-state index is 14.1. The molecular weight excluding hydrogens is 612 g/mol. The number of rotatable bonds is 6. The van der Waals surface area contributed by atoms with Crippen LogP contribution in [0.4, 0.5) is 15.3 Å². The Kier molecular flexibility index (Phi) is 9.17. The van der Waals surface area contributed by atoms with E-state index in [-0.39, 0.29) is 24.4 Å². The monoisotopic (exact) mass is 658 g/mol. The molecule has 2 aromatic carbocycles. The molecule has 3 aromatic rings. The van der Waals surface area contributed by atoms with Crippen LogP contribution in [-0.2, 0) is 22.5 Å². The molecule has 12 nitrogen and oxygen atoms in total. The molecule has 3 fully saturated rings. The van der Waals surface area contributed by atoms with Gasteiger partial charge < -0.3 is 34.1 Å². The molecule has 4 amide bonds. The molecule has 0 aliphatic carbocycles. The van der Waals surface area contributed by atoms with Crippen molar-refractivity contribution in [2.45, 2.75) is 70.6 Å². The van der Waals surface area contributed by atoms with Gasteiger partial charge in [0.15, 0.2) is 11.7 Å². The van der Waals surface area contributed by atoms with Crippen LogP contribution in [0.1, 0.15) is 55.2 Å². The van der Waals surface area contributed by atoms with E-state index in [2.05, 4.69) is 22.2 Å². The summed E-state index contributed by atoms with van der Waals surface area (Å²) in [5, 5.41) is 2.99. The summed E-state index contributed by atoms with van der Waals surface area (Å²) < 4.78 is 11.4. The van der Waals surface area contributed by atoms with E-state index in [1.165, 1.54) is 12.8 Å². The van der Waals surface area contributed by atoms with Crippen molar-refractivity contribution in [2.24, 2.45) is 11.8 Å². The number of oxazole rings is 1. The lowest BCUT2D eigenvalue weighted by Crippen LogP contribution is -2.52. The van der Waals surface area contributed by atoms with E-state index < -0.39 is 18.0 Å². The number of para-hydroxylation sites is 1. The van der Waals surface area contributed by atoms with E-state index in [0.717, 1.165) is 48.3 Å². The molecule has 0 bridgehead atoms. The largest absolute Gasteiger partial charge is 0.436 e. The molecule has 2 N–H and O–H groups in total. The summed E-state index contributed by atoms with van der Waals surface area (Å²) in [6, 6.07) is 11.3. The maximum atomic E-state index is 14.1. The predicted octanol–water partition coefficient (Wildman–Crippen LogP) is 4.57. The SMILES string of the molecule is Cc1cc(C[C@@H](OC(=O)N2CCC(N3Cc4ccccc4NC3=O)CC2)C(=O)N2CCC(C3CCN(C)CC3)CC2)cc2oc(=O)[nH]c12. The zero-order valence-corrected chi connectivity index (χ0v) is 27.9. The number of aryl methyl sites for hydroxylation is 1. The second-order valence-electron chi connectivity index (χ2n) is 14.1. The third-order valence-corrected chi connectivity index (χ3v) is 11.0. The lowest BCUT2D eigenvalue weighted by Gasteiger charge is -2.41. The Labute approximate surface area is 280 Å². The van der Waals surface area contributed by atoms with Crippen molar-refractivity contribution >= 4 is 34.8 Å². The molecule has 7 rings (SSSR count). The van der Waals surface area contributed by atoms with Crippen LogP contribution in [0.5, 0.6) is 0 Å². The molecule has 5 heterocycles. The van der Waals surface area contributed by atoms with Gasteiger partial charge in [0, 0.05) is 50.9 Å². The van der Waals surface area contributed by atoms with E-state index in [9.17, 15) is 19.2 Å². The van der Waals surface area contributed by atoms with Gasteiger partial charge in [0.05, 0.1) is 5.52 Å². The standard InChI is InChI=1S/C36H46N6O6/c1-23-19-24(20-30-32(23)38-35(45)47-30)21-31(33(43)40-15-9-26(10-16-40)25-7-13-39(2)14-8-25)48-36(46)41-17-11-28(12-18-41)42-22-27-5-3-4-6-29(27)37-34(42)44/h3-6,19-20,25-26,28,31H,7-18,21-22H2,1-2H3,(H,37,44)(H,38,45)/t31-/m1/s1. The number of urea groups is 1. The molecule has 12 heteroatoms. The van der Waals surface area contributed by atoms with Crippen LogP contribution in [0.25, 0.3) is 11.1 Å². The van der Waals surface area contributed by atoms with Crippen molar-refractivity contribution in [3.05, 3.63) is 63.6 Å². The van der Waals surface area contributed by atoms with E-state index in [4.69, 9.17) is 9.15 Å². The number of aromatic amines is 1. The highest BCUT2D eigenvalue weighted by molar-refractivity contribution is 5.92. The molecular formula is C36H46N6O6. The van der Waals surface area contributed by atoms with Crippen molar-refractivity contribution < 1.29 is 23.5 Å². The first-order chi connectivity index (χ1) is 23.2. The number of likely N-dealkylation sites (tertiary alicyclic amines) is 3. The Morgan fingerprint density at radius 3 is 2.31 bits per heavy atom. The van der Waals surface area contributed by atoms with E-state index in [1.807, 2.05) is 47.1 Å². The fourth-order valence-electron chi connectivity index (χ4n) is 8.17. The van der Waals surface area contributed by atoms with Crippen molar-refractivity contribution in [3.8, 4) is 0 Å². The minimum atomic E-state index is -1.01. The van der Waals surface area contributed by atoms with Gasteiger partial charge in [0.2, 0.25) is 0 Å². The van der Waals surface area contributed by atoms with Crippen molar-refractivity contribution in [3.63, 3.8) is 0 Å². The molecule has 0 saturated carbocycles. The number of nitrogens with one attached hydrogen (secondary N) is 2. The van der Waals surface area contributed by atoms with Gasteiger partial charge in [-0.2, -0.15) is 0 Å². The molecule has 4 aliphatic rings. The van der Waals surface area contributed by atoms with Crippen LogP contribution in [0.15, 0.2) is 45.6 Å². The second-order valence-corrected chi connectivity index (χ2v) is 14.1. The Morgan fingerprint density at radius 1 is 0.917 bits per heavy atom. The summed E-state index contributed by atoms with van der Waals surface area (Å²) in [7, 11) is 2.18. The minimum absolute atomic E-state index is 0.00333. The quantitative estimate of drug-likeness (QED) is 0.397. The van der Waals surface area contributed by atoms with Crippen molar-refractivity contribution in [1.82, 2.24) is 24.6 Å². The lowest BCUT2D eigenvalue weighted by molar-refractivity contribution is -0.142. The molecule has 0 unspecified atom stereocenters. The van der Waals surface area contributed by atoms with E-state index in [0.29, 0.717) is 68.5 Å². The lowest BCUT2D eigenvalue weighted by atomic mass is 9.79. The Hall–Kier alpha value is -4.32. The van der Waals surface area contributed by atoms with Gasteiger partial charge in [0.1, 0.15) is 0 Å². The summed E-state index contributed by atoms with van der Waals surface area (Å²) in [5.41, 5.74) is 4.52. The highest BCUT2D eigenvalue weighted by Crippen LogP contribution is 2.33. The van der Waals surface area contributed by atoms with Gasteiger partial charge in [-0.25, -0.2) is 14.4 Å². The highest BCUT2D eigenvalue weighted by atomic mass is 16.6. The van der Waals surface area contributed by atoms with E-state index in [1.54, 1.807) is 11.0 Å². The highest BCUT2D eigenvalue weighted by Gasteiger charge is 2.37. The number of anilines is 1. The van der Waals surface area contributed by atoms with Gasteiger partial charge in [0.25, 0.3) is 5.91 Å². The summed E-state index contributed by atoms with van der Waals surface area (Å²) in [6.45, 7) is 6.83. The number of benzene rings is 2. The number of amides is 4. The number of nitrogens with zero attached hydrogens (tertiary/aromatic N) is 4. The molecule has 0 spiro atoms. The van der Waals surface area contributed by atoms with Gasteiger partial charge in [-0.05, 0) is 106 Å². The van der Waals surface area contributed by atoms with Crippen LogP contribution in [0.3, 0.4) is 0 Å². The van der Waals surface area contributed by atoms with Crippen molar-refractivity contribution in [1.29, 1.82) is 0 Å². The molecule has 256 valence electrons. The number of hydrogen-bond donors (Lipinski definition) is 2. The average molecular weight is 659 g/mol. The molecule has 0 radical (unpaired) electrons. The molecule has 4 aliphatic heterocycles. The van der Waals surface area contributed by atoms with Crippen LogP contribution < -0.4 is 11.1 Å². The number of H-pyrrole nitrogens is 1. The fraction of sp³-hybridized carbons (Fsp3) is 0.556. The van der Waals surface area contributed by atoms with Gasteiger partial charge in [-0.1, -0.05) is 24.3 Å². The molecule has 48 heavy (non-hydrogen) atoms. The molecule has 3 saturated heterocycles. The van der Waals surface area contributed by atoms with Crippen LogP contribution in [0, 0.1) is 18.8 Å². The Balaban J connectivity index is 1.02. The first kappa shape index (κ1) is 32.2. The van der Waals surface area contributed by atoms with Gasteiger partial charge in [-0.15, -0.1) is 0 Å².